The minimum atomic E-state index is -0.282. The van der Waals surface area contributed by atoms with E-state index in [-0.39, 0.29) is 24.3 Å². The molecule has 152 valence electrons. The second kappa shape index (κ2) is 8.63. The summed E-state index contributed by atoms with van der Waals surface area (Å²) in [6, 6.07) is 21.6. The molecule has 6 heteroatoms. The molecule has 0 bridgehead atoms. The summed E-state index contributed by atoms with van der Waals surface area (Å²) in [4.78, 5) is 26.9. The van der Waals surface area contributed by atoms with E-state index in [4.69, 9.17) is 4.74 Å². The summed E-state index contributed by atoms with van der Waals surface area (Å²) in [6.07, 6.45) is 1.78. The van der Waals surface area contributed by atoms with Crippen LogP contribution in [-0.2, 0) is 4.79 Å². The molecule has 5 nitrogen and oxygen atoms in total. The van der Waals surface area contributed by atoms with Gasteiger partial charge < -0.3 is 9.30 Å². The van der Waals surface area contributed by atoms with Gasteiger partial charge in [-0.3, -0.25) is 14.5 Å². The fourth-order valence-corrected chi connectivity index (χ4v) is 4.17. The van der Waals surface area contributed by atoms with Crippen LogP contribution in [0.1, 0.15) is 17.0 Å². The summed E-state index contributed by atoms with van der Waals surface area (Å²) in [5, 5.41) is -0.270. The first-order chi connectivity index (χ1) is 14.5. The zero-order valence-corrected chi connectivity index (χ0v) is 17.7. The summed E-state index contributed by atoms with van der Waals surface area (Å²) in [5.41, 5.74) is 4.07. The molecule has 0 unspecified atom stereocenters. The highest BCUT2D eigenvalue weighted by atomic mass is 32.2. The maximum absolute atomic E-state index is 12.8. The molecule has 1 aliphatic rings. The number of aryl methyl sites for hydroxylation is 2. The summed E-state index contributed by atoms with van der Waals surface area (Å²) < 4.78 is 7.74. The van der Waals surface area contributed by atoms with Gasteiger partial charge in [0.15, 0.2) is 0 Å². The lowest BCUT2D eigenvalue weighted by atomic mass is 10.2. The molecule has 2 amide bonds. The third kappa shape index (κ3) is 4.19. The highest BCUT2D eigenvalue weighted by molar-refractivity contribution is 8.18. The second-order valence-electron chi connectivity index (χ2n) is 7.07. The van der Waals surface area contributed by atoms with E-state index in [2.05, 4.69) is 4.57 Å². The summed E-state index contributed by atoms with van der Waals surface area (Å²) in [7, 11) is 0. The van der Waals surface area contributed by atoms with Crippen LogP contribution in [0.15, 0.2) is 71.6 Å². The minimum Gasteiger partial charge on any atom is -0.492 e. The Morgan fingerprint density at radius 3 is 2.40 bits per heavy atom. The number of benzene rings is 2. The smallest absolute Gasteiger partial charge is 0.293 e. The van der Waals surface area contributed by atoms with Crippen LogP contribution in [0.3, 0.4) is 0 Å². The fraction of sp³-hybridized carbons (Fsp3) is 0.167. The quantitative estimate of drug-likeness (QED) is 0.516. The lowest BCUT2D eigenvalue weighted by Crippen LogP contribution is -2.32. The molecule has 3 aromatic rings. The molecular weight excluding hydrogens is 396 g/mol. The molecule has 4 rings (SSSR count). The third-order valence-electron chi connectivity index (χ3n) is 4.88. The van der Waals surface area contributed by atoms with Crippen LogP contribution in [0.4, 0.5) is 4.79 Å². The van der Waals surface area contributed by atoms with Crippen LogP contribution in [-0.4, -0.2) is 33.8 Å². The Balaban J connectivity index is 1.48. The normalized spacial score (nSPS) is 15.3. The van der Waals surface area contributed by atoms with Crippen LogP contribution < -0.4 is 4.74 Å². The predicted octanol–water partition coefficient (Wildman–Crippen LogP) is 5.21. The molecule has 1 fully saturated rings. The molecule has 0 saturated carbocycles. The van der Waals surface area contributed by atoms with Crippen molar-refractivity contribution in [2.75, 3.05) is 13.2 Å². The van der Waals surface area contributed by atoms with Crippen molar-refractivity contribution in [3.63, 3.8) is 0 Å². The van der Waals surface area contributed by atoms with Crippen molar-refractivity contribution in [3.05, 3.63) is 88.6 Å². The number of rotatable bonds is 6. The van der Waals surface area contributed by atoms with Gasteiger partial charge in [0.2, 0.25) is 0 Å². The number of amides is 2. The molecule has 0 aliphatic carbocycles. The van der Waals surface area contributed by atoms with Gasteiger partial charge in [0.05, 0.1) is 11.4 Å². The first kappa shape index (κ1) is 20.0. The predicted molar refractivity (Wildman–Crippen MR) is 120 cm³/mol. The highest BCUT2D eigenvalue weighted by Gasteiger charge is 2.35. The number of hydrogen-bond donors (Lipinski definition) is 0. The van der Waals surface area contributed by atoms with Gasteiger partial charge in [-0.1, -0.05) is 35.9 Å². The zero-order chi connectivity index (χ0) is 21.1. The van der Waals surface area contributed by atoms with Crippen molar-refractivity contribution in [2.24, 2.45) is 0 Å². The number of para-hydroxylation sites is 1. The average Bonchev–Trinajstić information content (AvgIpc) is 3.24. The molecule has 0 atom stereocenters. The van der Waals surface area contributed by atoms with Crippen LogP contribution in [0.2, 0.25) is 0 Å². The number of thioether (sulfide) groups is 1. The number of imide groups is 1. The van der Waals surface area contributed by atoms with E-state index in [0.29, 0.717) is 4.91 Å². The van der Waals surface area contributed by atoms with E-state index in [1.54, 1.807) is 6.08 Å². The summed E-state index contributed by atoms with van der Waals surface area (Å²) in [5.74, 6) is 0.440. The Bertz CT molecular complexity index is 1100. The molecule has 2 aromatic carbocycles. The Labute approximate surface area is 180 Å². The van der Waals surface area contributed by atoms with Crippen molar-refractivity contribution in [1.82, 2.24) is 9.47 Å². The van der Waals surface area contributed by atoms with E-state index in [1.807, 2.05) is 80.6 Å². The van der Waals surface area contributed by atoms with E-state index < -0.39 is 0 Å². The maximum atomic E-state index is 12.8. The number of nitrogens with zero attached hydrogens (tertiary/aromatic N) is 2. The van der Waals surface area contributed by atoms with E-state index in [9.17, 15) is 9.59 Å². The average molecular weight is 419 g/mol. The van der Waals surface area contributed by atoms with Gasteiger partial charge in [0, 0.05) is 17.1 Å². The van der Waals surface area contributed by atoms with Gasteiger partial charge in [-0.05, 0) is 68.1 Å². The SMILES string of the molecule is Cc1ccc(OCCN2C(=O)S/C(=C\c3ccc(C)n3-c3ccccc3)C2=O)cc1. The van der Waals surface area contributed by atoms with Gasteiger partial charge in [0.25, 0.3) is 11.1 Å². The van der Waals surface area contributed by atoms with Crippen molar-refractivity contribution in [1.29, 1.82) is 0 Å². The maximum Gasteiger partial charge on any atom is 0.293 e. The molecule has 1 saturated heterocycles. The van der Waals surface area contributed by atoms with Crippen molar-refractivity contribution >= 4 is 29.0 Å². The Morgan fingerprint density at radius 1 is 0.933 bits per heavy atom. The van der Waals surface area contributed by atoms with Crippen molar-refractivity contribution < 1.29 is 14.3 Å². The molecule has 1 aromatic heterocycles. The first-order valence-corrected chi connectivity index (χ1v) is 10.5. The van der Waals surface area contributed by atoms with Crippen molar-refractivity contribution in [3.8, 4) is 11.4 Å². The van der Waals surface area contributed by atoms with Crippen LogP contribution >= 0.6 is 11.8 Å². The van der Waals surface area contributed by atoms with E-state index >= 15 is 0 Å². The number of aromatic nitrogens is 1. The molecule has 2 heterocycles. The zero-order valence-electron chi connectivity index (χ0n) is 16.9. The lowest BCUT2D eigenvalue weighted by Gasteiger charge is -2.13. The van der Waals surface area contributed by atoms with E-state index in [0.717, 1.165) is 40.2 Å². The number of carbonyl (C=O) groups excluding carboxylic acids is 2. The Hall–Kier alpha value is -3.25. The molecule has 0 radical (unpaired) electrons. The van der Waals surface area contributed by atoms with Crippen LogP contribution in [0.5, 0.6) is 5.75 Å². The largest absolute Gasteiger partial charge is 0.492 e. The Morgan fingerprint density at radius 2 is 1.67 bits per heavy atom. The van der Waals surface area contributed by atoms with Gasteiger partial charge in [-0.2, -0.15) is 0 Å². The number of hydrogen-bond acceptors (Lipinski definition) is 4. The molecule has 30 heavy (non-hydrogen) atoms. The standard InChI is InChI=1S/C24H22N2O3S/c1-17-8-12-21(13-9-17)29-15-14-25-23(27)22(30-24(25)28)16-20-11-10-18(2)26(20)19-6-4-3-5-7-19/h3-13,16H,14-15H2,1-2H3/b22-16-. The number of carbonyl (C=O) groups is 2. The lowest BCUT2D eigenvalue weighted by molar-refractivity contribution is -0.123. The topological polar surface area (TPSA) is 51.5 Å². The monoisotopic (exact) mass is 418 g/mol. The molecular formula is C24H22N2O3S. The fourth-order valence-electron chi connectivity index (χ4n) is 3.32. The minimum absolute atomic E-state index is 0.217. The highest BCUT2D eigenvalue weighted by Crippen LogP contribution is 2.33. The van der Waals surface area contributed by atoms with Crippen LogP contribution in [0, 0.1) is 13.8 Å². The summed E-state index contributed by atoms with van der Waals surface area (Å²) >= 11 is 0.968. The molecule has 1 aliphatic heterocycles. The Kier molecular flexibility index (Phi) is 5.77. The second-order valence-corrected chi connectivity index (χ2v) is 8.06. The van der Waals surface area contributed by atoms with Gasteiger partial charge in [-0.15, -0.1) is 0 Å². The first-order valence-electron chi connectivity index (χ1n) is 9.71. The van der Waals surface area contributed by atoms with Crippen molar-refractivity contribution in [2.45, 2.75) is 13.8 Å². The molecule has 0 N–H and O–H groups in total. The third-order valence-corrected chi connectivity index (χ3v) is 5.79. The molecule has 0 spiro atoms. The van der Waals surface area contributed by atoms with Gasteiger partial charge >= 0.3 is 0 Å². The van der Waals surface area contributed by atoms with E-state index in [1.165, 1.54) is 4.90 Å². The van der Waals surface area contributed by atoms with Crippen LogP contribution in [0.25, 0.3) is 11.8 Å². The van der Waals surface area contributed by atoms with Gasteiger partial charge in [-0.25, -0.2) is 0 Å². The number of ether oxygens (including phenoxy) is 1. The summed E-state index contributed by atoms with van der Waals surface area (Å²) in [6.45, 7) is 4.49. The van der Waals surface area contributed by atoms with Gasteiger partial charge in [0.1, 0.15) is 12.4 Å².